The van der Waals surface area contributed by atoms with E-state index in [-0.39, 0.29) is 17.1 Å². The number of Topliss-reactive ketones (excluding diaryl/α,β-unsaturated/α-hetero) is 1. The van der Waals surface area contributed by atoms with E-state index in [1.807, 2.05) is 0 Å². The van der Waals surface area contributed by atoms with Gasteiger partial charge < -0.3 is 5.11 Å². The second-order valence-electron chi connectivity index (χ2n) is 2.63. The molecule has 0 atom stereocenters. The molecule has 3 heteroatoms. The van der Waals surface area contributed by atoms with E-state index in [9.17, 15) is 14.7 Å². The van der Waals surface area contributed by atoms with Crippen molar-refractivity contribution in [2.24, 2.45) is 0 Å². The third-order valence-electron chi connectivity index (χ3n) is 1.77. The monoisotopic (exact) mass is 166 g/mol. The second kappa shape index (κ2) is 3.85. The first kappa shape index (κ1) is 8.71. The molecule has 0 unspecified atom stereocenters. The highest BCUT2D eigenvalue weighted by molar-refractivity contribution is 5.99. The zero-order valence-electron chi connectivity index (χ0n) is 6.62. The zero-order chi connectivity index (χ0) is 8.97. The molecule has 0 radical (unpaired) electrons. The number of rotatable bonds is 2. The summed E-state index contributed by atoms with van der Waals surface area (Å²) in [5, 5.41) is 9.26. The Labute approximate surface area is 70.4 Å². The molecule has 1 aliphatic carbocycles. The van der Waals surface area contributed by atoms with Crippen LogP contribution in [-0.2, 0) is 9.59 Å². The van der Waals surface area contributed by atoms with E-state index in [2.05, 4.69) is 0 Å². The van der Waals surface area contributed by atoms with Crippen molar-refractivity contribution in [1.82, 2.24) is 0 Å². The maximum Gasteiger partial charge on any atom is 0.166 e. The Morgan fingerprint density at radius 2 is 2.08 bits per heavy atom. The molecule has 3 nitrogen and oxygen atoms in total. The molecule has 0 amide bonds. The number of allylic oxidation sites excluding steroid dienone is 4. The lowest BCUT2D eigenvalue weighted by molar-refractivity contribution is -0.116. The number of aldehydes is 1. The van der Waals surface area contributed by atoms with Crippen LogP contribution in [0.5, 0.6) is 0 Å². The van der Waals surface area contributed by atoms with Gasteiger partial charge in [0.05, 0.1) is 5.57 Å². The Bertz CT molecular complexity index is 261. The van der Waals surface area contributed by atoms with Gasteiger partial charge in [0.25, 0.3) is 0 Å². The largest absolute Gasteiger partial charge is 0.512 e. The van der Waals surface area contributed by atoms with Crippen LogP contribution in [-0.4, -0.2) is 17.2 Å². The predicted molar refractivity (Wildman–Crippen MR) is 43.7 cm³/mol. The summed E-state index contributed by atoms with van der Waals surface area (Å²) in [7, 11) is 0. The van der Waals surface area contributed by atoms with E-state index in [4.69, 9.17) is 0 Å². The fraction of sp³-hybridized carbons (Fsp3) is 0.333. The number of carbonyl (C=O) groups excluding carboxylic acids is 2. The average Bonchev–Trinajstić information content (AvgIpc) is 2.04. The van der Waals surface area contributed by atoms with Crippen LogP contribution in [0, 0.1) is 0 Å². The van der Waals surface area contributed by atoms with Crippen molar-refractivity contribution < 1.29 is 14.7 Å². The molecular weight excluding hydrogens is 156 g/mol. The first-order valence-corrected chi connectivity index (χ1v) is 3.83. The molecule has 12 heavy (non-hydrogen) atoms. The molecule has 0 saturated carbocycles. The van der Waals surface area contributed by atoms with Crippen LogP contribution in [0.25, 0.3) is 0 Å². The Hall–Kier alpha value is -1.38. The van der Waals surface area contributed by atoms with Gasteiger partial charge in [0, 0.05) is 12.8 Å². The average molecular weight is 166 g/mol. The first-order chi connectivity index (χ1) is 5.75. The van der Waals surface area contributed by atoms with Gasteiger partial charge >= 0.3 is 0 Å². The molecule has 0 aliphatic heterocycles. The summed E-state index contributed by atoms with van der Waals surface area (Å²) in [5.41, 5.74) is 0.286. The molecule has 0 saturated heterocycles. The third-order valence-corrected chi connectivity index (χ3v) is 1.77. The molecule has 0 bridgehead atoms. The highest BCUT2D eigenvalue weighted by Crippen LogP contribution is 2.20. The van der Waals surface area contributed by atoms with Crippen molar-refractivity contribution in [3.63, 3.8) is 0 Å². The molecule has 0 aromatic carbocycles. The molecule has 0 spiro atoms. The highest BCUT2D eigenvalue weighted by Gasteiger charge is 2.17. The summed E-state index contributed by atoms with van der Waals surface area (Å²) < 4.78 is 0. The molecule has 1 rings (SSSR count). The summed E-state index contributed by atoms with van der Waals surface area (Å²) >= 11 is 0. The van der Waals surface area contributed by atoms with Crippen LogP contribution in [0.2, 0.25) is 0 Å². The summed E-state index contributed by atoms with van der Waals surface area (Å²) in [5.74, 6) is 0.0150. The van der Waals surface area contributed by atoms with Crippen LogP contribution in [0.3, 0.4) is 0 Å². The molecule has 0 fully saturated rings. The van der Waals surface area contributed by atoms with Gasteiger partial charge in [-0.2, -0.15) is 0 Å². The van der Waals surface area contributed by atoms with Crippen LogP contribution in [0.1, 0.15) is 19.3 Å². The fourth-order valence-electron chi connectivity index (χ4n) is 1.17. The molecule has 1 aliphatic rings. The van der Waals surface area contributed by atoms with E-state index < -0.39 is 0 Å². The summed E-state index contributed by atoms with van der Waals surface area (Å²) in [6.07, 6.45) is 4.86. The van der Waals surface area contributed by atoms with Gasteiger partial charge in [-0.3, -0.25) is 9.59 Å². The SMILES string of the molecule is O=C/C=C/C1=C(O)CCCC1=O. The van der Waals surface area contributed by atoms with Gasteiger partial charge in [-0.05, 0) is 18.6 Å². The van der Waals surface area contributed by atoms with Crippen LogP contribution in [0.4, 0.5) is 0 Å². The molecule has 64 valence electrons. The molecule has 0 aromatic heterocycles. The zero-order valence-corrected chi connectivity index (χ0v) is 6.62. The van der Waals surface area contributed by atoms with Crippen LogP contribution in [0.15, 0.2) is 23.5 Å². The van der Waals surface area contributed by atoms with Gasteiger partial charge in [0.1, 0.15) is 12.0 Å². The van der Waals surface area contributed by atoms with Crippen molar-refractivity contribution in [1.29, 1.82) is 0 Å². The second-order valence-corrected chi connectivity index (χ2v) is 2.63. The van der Waals surface area contributed by atoms with E-state index in [0.29, 0.717) is 25.5 Å². The van der Waals surface area contributed by atoms with Crippen molar-refractivity contribution in [3.05, 3.63) is 23.5 Å². The van der Waals surface area contributed by atoms with E-state index in [1.165, 1.54) is 12.2 Å². The summed E-state index contributed by atoms with van der Waals surface area (Å²) in [4.78, 5) is 21.1. The number of ketones is 1. The quantitative estimate of drug-likeness (QED) is 0.497. The maximum absolute atomic E-state index is 11.1. The Kier molecular flexibility index (Phi) is 2.80. The molecule has 0 aromatic rings. The van der Waals surface area contributed by atoms with Gasteiger partial charge in [-0.1, -0.05) is 0 Å². The van der Waals surface area contributed by atoms with E-state index in [1.54, 1.807) is 0 Å². The van der Waals surface area contributed by atoms with Gasteiger partial charge in [0.15, 0.2) is 5.78 Å². The lowest BCUT2D eigenvalue weighted by Gasteiger charge is -2.11. The summed E-state index contributed by atoms with van der Waals surface area (Å²) in [6.45, 7) is 0. The molecule has 0 heterocycles. The smallest absolute Gasteiger partial charge is 0.166 e. The Balaban J connectivity index is 2.88. The fourth-order valence-corrected chi connectivity index (χ4v) is 1.17. The normalized spacial score (nSPS) is 18.8. The lowest BCUT2D eigenvalue weighted by atomic mass is 9.96. The van der Waals surface area contributed by atoms with E-state index >= 15 is 0 Å². The molecule has 1 N–H and O–H groups in total. The van der Waals surface area contributed by atoms with Crippen molar-refractivity contribution >= 4 is 12.1 Å². The third kappa shape index (κ3) is 1.81. The van der Waals surface area contributed by atoms with Crippen molar-refractivity contribution in [2.45, 2.75) is 19.3 Å². The number of hydrogen-bond donors (Lipinski definition) is 1. The Morgan fingerprint density at radius 3 is 2.67 bits per heavy atom. The van der Waals surface area contributed by atoms with E-state index in [0.717, 1.165) is 0 Å². The predicted octanol–water partition coefficient (Wildman–Crippen LogP) is 1.31. The maximum atomic E-state index is 11.1. The molecular formula is C9H10O3. The van der Waals surface area contributed by atoms with Gasteiger partial charge in [-0.15, -0.1) is 0 Å². The van der Waals surface area contributed by atoms with Crippen LogP contribution >= 0.6 is 0 Å². The summed E-state index contributed by atoms with van der Waals surface area (Å²) in [6, 6.07) is 0. The minimum absolute atomic E-state index is 0.0862. The van der Waals surface area contributed by atoms with Crippen LogP contribution < -0.4 is 0 Å². The Morgan fingerprint density at radius 1 is 1.33 bits per heavy atom. The minimum Gasteiger partial charge on any atom is -0.512 e. The number of carbonyl (C=O) groups is 2. The topological polar surface area (TPSA) is 54.4 Å². The first-order valence-electron chi connectivity index (χ1n) is 3.83. The lowest BCUT2D eigenvalue weighted by Crippen LogP contribution is -2.09. The van der Waals surface area contributed by atoms with Crippen molar-refractivity contribution in [2.75, 3.05) is 0 Å². The minimum atomic E-state index is -0.0862. The number of aliphatic hydroxyl groups excluding tert-OH is 1. The van der Waals surface area contributed by atoms with Gasteiger partial charge in [-0.25, -0.2) is 0 Å². The van der Waals surface area contributed by atoms with Gasteiger partial charge in [0.2, 0.25) is 0 Å². The highest BCUT2D eigenvalue weighted by atomic mass is 16.3. The number of hydrogen-bond acceptors (Lipinski definition) is 3. The number of aliphatic hydroxyl groups is 1. The standard InChI is InChI=1S/C9H10O3/c10-6-2-3-7-8(11)4-1-5-9(7)12/h2-3,6,11H,1,4-5H2/b3-2+. The van der Waals surface area contributed by atoms with Crippen molar-refractivity contribution in [3.8, 4) is 0 Å².